The van der Waals surface area contributed by atoms with Crippen molar-refractivity contribution >= 4 is 28.7 Å². The number of benzene rings is 3. The van der Waals surface area contributed by atoms with Crippen LogP contribution in [0.1, 0.15) is 12.8 Å². The number of methoxy groups -OCH3 is 1. The summed E-state index contributed by atoms with van der Waals surface area (Å²) in [6.45, 7) is 1.44. The van der Waals surface area contributed by atoms with Crippen LogP contribution in [0.3, 0.4) is 0 Å². The highest BCUT2D eigenvalue weighted by molar-refractivity contribution is 7.13. The highest BCUT2D eigenvalue weighted by Gasteiger charge is 2.27. The second-order valence-electron chi connectivity index (χ2n) is 9.80. The van der Waals surface area contributed by atoms with Gasteiger partial charge in [0.25, 0.3) is 0 Å². The molecular weight excluding hydrogens is 537 g/mol. The number of hydrogen-bond donors (Lipinski definition) is 1. The van der Waals surface area contributed by atoms with Gasteiger partial charge in [-0.25, -0.2) is 19.3 Å². The van der Waals surface area contributed by atoms with E-state index in [1.807, 2.05) is 60.0 Å². The van der Waals surface area contributed by atoms with Gasteiger partial charge in [-0.3, -0.25) is 4.79 Å². The number of aromatic nitrogens is 3. The van der Waals surface area contributed by atoms with Gasteiger partial charge in [-0.15, -0.1) is 11.3 Å². The topological polar surface area (TPSA) is 80.2 Å². The van der Waals surface area contributed by atoms with Crippen molar-refractivity contribution in [3.63, 3.8) is 0 Å². The molecule has 41 heavy (non-hydrogen) atoms. The number of anilines is 2. The Morgan fingerprint density at radius 2 is 1.68 bits per heavy atom. The fourth-order valence-electron chi connectivity index (χ4n) is 5.02. The molecule has 6 rings (SSSR count). The standard InChI is InChI=1S/C32H28FN5O2S/c1-40-23-12-10-21(11-13-23)28-18-30(35-20-34-28)38-16-14-22(15-17-38)31(39)36-27-9-5-3-7-25(27)29-19-41-32(37-29)24-6-2-4-8-26(24)33/h2-13,18-20,22H,14-17H2,1H3,(H,36,39). The molecule has 0 radical (unpaired) electrons. The molecule has 0 spiro atoms. The predicted molar refractivity (Wildman–Crippen MR) is 161 cm³/mol. The first kappa shape index (κ1) is 26.6. The maximum Gasteiger partial charge on any atom is 0.227 e. The largest absolute Gasteiger partial charge is 0.497 e. The second kappa shape index (κ2) is 11.9. The molecule has 0 atom stereocenters. The van der Waals surface area contributed by atoms with Crippen LogP contribution in [0.4, 0.5) is 15.9 Å². The van der Waals surface area contributed by atoms with Crippen molar-refractivity contribution in [1.29, 1.82) is 0 Å². The highest BCUT2D eigenvalue weighted by atomic mass is 32.1. The lowest BCUT2D eigenvalue weighted by atomic mass is 9.95. The molecule has 5 aromatic rings. The number of nitrogens with zero attached hydrogens (tertiary/aromatic N) is 4. The smallest absolute Gasteiger partial charge is 0.227 e. The fourth-order valence-corrected chi connectivity index (χ4v) is 5.86. The molecule has 1 aliphatic rings. The van der Waals surface area contributed by atoms with E-state index in [1.165, 1.54) is 17.4 Å². The molecule has 3 heterocycles. The third-order valence-electron chi connectivity index (χ3n) is 7.30. The number of carbonyl (C=O) groups excluding carboxylic acids is 1. The molecule has 1 N–H and O–H groups in total. The van der Waals surface area contributed by atoms with Crippen molar-refractivity contribution in [3.8, 4) is 38.8 Å². The van der Waals surface area contributed by atoms with E-state index in [2.05, 4.69) is 25.2 Å². The fraction of sp³-hybridized carbons (Fsp3) is 0.188. The summed E-state index contributed by atoms with van der Waals surface area (Å²) >= 11 is 1.38. The van der Waals surface area contributed by atoms with Gasteiger partial charge in [0.1, 0.15) is 28.7 Å². The summed E-state index contributed by atoms with van der Waals surface area (Å²) in [6.07, 6.45) is 3.01. The lowest BCUT2D eigenvalue weighted by Gasteiger charge is -2.32. The van der Waals surface area contributed by atoms with Crippen LogP contribution in [0.25, 0.3) is 33.1 Å². The maximum absolute atomic E-state index is 14.3. The average Bonchev–Trinajstić information content (AvgIpc) is 3.52. The van der Waals surface area contributed by atoms with Crippen LogP contribution < -0.4 is 15.0 Å². The van der Waals surface area contributed by atoms with Crippen molar-refractivity contribution in [2.45, 2.75) is 12.8 Å². The van der Waals surface area contributed by atoms with E-state index in [0.29, 0.717) is 34.8 Å². The van der Waals surface area contributed by atoms with E-state index < -0.39 is 0 Å². The van der Waals surface area contributed by atoms with E-state index in [1.54, 1.807) is 31.6 Å². The van der Waals surface area contributed by atoms with Crippen molar-refractivity contribution in [2.75, 3.05) is 30.4 Å². The summed E-state index contributed by atoms with van der Waals surface area (Å²) in [4.78, 5) is 29.1. The van der Waals surface area contributed by atoms with Gasteiger partial charge in [0.05, 0.1) is 24.2 Å². The third kappa shape index (κ3) is 5.81. The lowest BCUT2D eigenvalue weighted by Crippen LogP contribution is -2.38. The van der Waals surface area contributed by atoms with Gasteiger partial charge in [-0.05, 0) is 55.3 Å². The highest BCUT2D eigenvalue weighted by Crippen LogP contribution is 2.34. The van der Waals surface area contributed by atoms with Crippen LogP contribution in [0.5, 0.6) is 5.75 Å². The molecule has 1 amide bonds. The first-order chi connectivity index (χ1) is 20.1. The number of amides is 1. The summed E-state index contributed by atoms with van der Waals surface area (Å²) in [6, 6.07) is 24.0. The normalized spacial score (nSPS) is 13.7. The Kier molecular flexibility index (Phi) is 7.69. The van der Waals surface area contributed by atoms with Crippen LogP contribution in [-0.2, 0) is 4.79 Å². The Balaban J connectivity index is 1.11. The zero-order chi connectivity index (χ0) is 28.2. The monoisotopic (exact) mass is 565 g/mol. The molecular formula is C32H28FN5O2S. The molecule has 0 aliphatic carbocycles. The van der Waals surface area contributed by atoms with Gasteiger partial charge < -0.3 is 15.0 Å². The van der Waals surface area contributed by atoms with Gasteiger partial charge in [0, 0.05) is 47.1 Å². The van der Waals surface area contributed by atoms with Gasteiger partial charge in [0.2, 0.25) is 5.91 Å². The Morgan fingerprint density at radius 1 is 0.951 bits per heavy atom. The van der Waals surface area contributed by atoms with E-state index in [9.17, 15) is 9.18 Å². The van der Waals surface area contributed by atoms with Crippen molar-refractivity contribution in [3.05, 3.63) is 96.4 Å². The minimum absolute atomic E-state index is 0.0109. The molecule has 9 heteroatoms. The van der Waals surface area contributed by atoms with Crippen LogP contribution in [0, 0.1) is 11.7 Å². The summed E-state index contributed by atoms with van der Waals surface area (Å²) < 4.78 is 19.6. The Morgan fingerprint density at radius 3 is 2.44 bits per heavy atom. The van der Waals surface area contributed by atoms with Crippen LogP contribution in [0.2, 0.25) is 0 Å². The second-order valence-corrected chi connectivity index (χ2v) is 10.7. The zero-order valence-electron chi connectivity index (χ0n) is 22.5. The number of thiazole rings is 1. The minimum Gasteiger partial charge on any atom is -0.497 e. The molecule has 7 nitrogen and oxygen atoms in total. The molecule has 3 aromatic carbocycles. The number of halogens is 1. The minimum atomic E-state index is -0.305. The van der Waals surface area contributed by atoms with Crippen LogP contribution in [0.15, 0.2) is 90.6 Å². The van der Waals surface area contributed by atoms with E-state index in [-0.39, 0.29) is 17.6 Å². The molecule has 0 unspecified atom stereocenters. The molecule has 2 aromatic heterocycles. The van der Waals surface area contributed by atoms with Crippen molar-refractivity contribution < 1.29 is 13.9 Å². The summed E-state index contributed by atoms with van der Waals surface area (Å²) in [5, 5.41) is 5.63. The molecule has 1 saturated heterocycles. The number of rotatable bonds is 7. The first-order valence-corrected chi connectivity index (χ1v) is 14.3. The number of para-hydroxylation sites is 1. The van der Waals surface area contributed by atoms with Gasteiger partial charge in [-0.2, -0.15) is 0 Å². The van der Waals surface area contributed by atoms with E-state index in [0.717, 1.165) is 41.5 Å². The number of carbonyl (C=O) groups is 1. The number of nitrogens with one attached hydrogen (secondary N) is 1. The summed E-state index contributed by atoms with van der Waals surface area (Å²) in [5.74, 6) is 1.21. The number of ether oxygens (including phenoxy) is 1. The van der Waals surface area contributed by atoms with Crippen molar-refractivity contribution in [2.24, 2.45) is 5.92 Å². The van der Waals surface area contributed by atoms with E-state index >= 15 is 0 Å². The molecule has 1 aliphatic heterocycles. The SMILES string of the molecule is COc1ccc(-c2cc(N3CCC(C(=O)Nc4ccccc4-c4csc(-c5ccccc5F)n4)CC3)ncn2)cc1. The summed E-state index contributed by atoms with van der Waals surface area (Å²) in [7, 11) is 1.65. The Hall–Kier alpha value is -4.63. The van der Waals surface area contributed by atoms with Crippen LogP contribution in [-0.4, -0.2) is 41.1 Å². The number of hydrogen-bond acceptors (Lipinski definition) is 7. The summed E-state index contributed by atoms with van der Waals surface area (Å²) in [5.41, 5.74) is 4.51. The number of piperidine rings is 1. The first-order valence-electron chi connectivity index (χ1n) is 13.4. The molecule has 1 fully saturated rings. The molecule has 0 saturated carbocycles. The van der Waals surface area contributed by atoms with Gasteiger partial charge in [0.15, 0.2) is 0 Å². The van der Waals surface area contributed by atoms with Crippen LogP contribution >= 0.6 is 11.3 Å². The average molecular weight is 566 g/mol. The van der Waals surface area contributed by atoms with Gasteiger partial charge >= 0.3 is 0 Å². The van der Waals surface area contributed by atoms with E-state index in [4.69, 9.17) is 4.74 Å². The quantitative estimate of drug-likeness (QED) is 0.230. The van der Waals surface area contributed by atoms with Gasteiger partial charge in [-0.1, -0.05) is 30.3 Å². The maximum atomic E-state index is 14.3. The lowest BCUT2D eigenvalue weighted by molar-refractivity contribution is -0.120. The van der Waals surface area contributed by atoms with Crippen molar-refractivity contribution in [1.82, 2.24) is 15.0 Å². The predicted octanol–water partition coefficient (Wildman–Crippen LogP) is 6.94. The Labute approximate surface area is 241 Å². The third-order valence-corrected chi connectivity index (χ3v) is 8.17. The molecule has 0 bridgehead atoms. The molecule has 206 valence electrons. The Bertz CT molecular complexity index is 1670. The zero-order valence-corrected chi connectivity index (χ0v) is 23.3.